The molecule has 0 aliphatic heterocycles. The molecule has 2 amide bonds. The minimum Gasteiger partial charge on any atom is -0.355 e. The highest BCUT2D eigenvalue weighted by Gasteiger charge is 2.12. The standard InChI is InChI=1S/C20H23F2N3O2/c1-14-6-8-15(9-7-14)24-20(27)13-25(2)12-19(26)23-11-10-16-17(21)4-3-5-18(16)22/h3-9H,10-13H2,1-2H3,(H,23,26)(H,24,27). The molecular formula is C20H23F2N3O2. The Balaban J connectivity index is 1.71. The number of anilines is 1. The molecule has 0 aliphatic carbocycles. The molecule has 27 heavy (non-hydrogen) atoms. The topological polar surface area (TPSA) is 61.4 Å². The van der Waals surface area contributed by atoms with E-state index in [0.717, 1.165) is 5.56 Å². The highest BCUT2D eigenvalue weighted by atomic mass is 19.1. The predicted molar refractivity (Wildman–Crippen MR) is 100 cm³/mol. The molecule has 2 N–H and O–H groups in total. The van der Waals surface area contributed by atoms with Crippen LogP contribution in [0.1, 0.15) is 11.1 Å². The van der Waals surface area contributed by atoms with Gasteiger partial charge in [-0.3, -0.25) is 14.5 Å². The largest absolute Gasteiger partial charge is 0.355 e. The number of hydrogen-bond donors (Lipinski definition) is 2. The van der Waals surface area contributed by atoms with E-state index in [1.54, 1.807) is 11.9 Å². The van der Waals surface area contributed by atoms with Crippen LogP contribution in [0.4, 0.5) is 14.5 Å². The summed E-state index contributed by atoms with van der Waals surface area (Å²) in [5.74, 6) is -1.82. The molecule has 0 heterocycles. The number of aryl methyl sites for hydroxylation is 1. The van der Waals surface area contributed by atoms with Crippen molar-refractivity contribution in [2.45, 2.75) is 13.3 Å². The van der Waals surface area contributed by atoms with Crippen molar-refractivity contribution in [1.29, 1.82) is 0 Å². The number of carbonyl (C=O) groups is 2. The molecule has 0 unspecified atom stereocenters. The third kappa shape index (κ3) is 6.79. The Morgan fingerprint density at radius 2 is 1.56 bits per heavy atom. The SMILES string of the molecule is Cc1ccc(NC(=O)CN(C)CC(=O)NCCc2c(F)cccc2F)cc1. The molecule has 0 saturated heterocycles. The van der Waals surface area contributed by atoms with Crippen LogP contribution >= 0.6 is 0 Å². The maximum Gasteiger partial charge on any atom is 0.238 e. The van der Waals surface area contributed by atoms with Gasteiger partial charge in [0.05, 0.1) is 13.1 Å². The van der Waals surface area contributed by atoms with Crippen molar-refractivity contribution in [3.63, 3.8) is 0 Å². The average molecular weight is 375 g/mol. The van der Waals surface area contributed by atoms with E-state index in [-0.39, 0.29) is 43.4 Å². The van der Waals surface area contributed by atoms with Crippen LogP contribution in [0.15, 0.2) is 42.5 Å². The van der Waals surface area contributed by atoms with Gasteiger partial charge in [0, 0.05) is 17.8 Å². The predicted octanol–water partition coefficient (Wildman–Crippen LogP) is 2.50. The number of hydrogen-bond acceptors (Lipinski definition) is 3. The molecule has 5 nitrogen and oxygen atoms in total. The molecule has 0 aliphatic rings. The van der Waals surface area contributed by atoms with Gasteiger partial charge in [-0.1, -0.05) is 23.8 Å². The van der Waals surface area contributed by atoms with Gasteiger partial charge >= 0.3 is 0 Å². The quantitative estimate of drug-likeness (QED) is 0.745. The first-order valence-corrected chi connectivity index (χ1v) is 8.60. The number of rotatable bonds is 8. The number of likely N-dealkylation sites (N-methyl/N-ethyl adjacent to an activating group) is 1. The summed E-state index contributed by atoms with van der Waals surface area (Å²) in [5, 5.41) is 5.35. The molecule has 7 heteroatoms. The Kier molecular flexibility index (Phi) is 7.43. The molecule has 0 saturated carbocycles. The lowest BCUT2D eigenvalue weighted by Crippen LogP contribution is -2.39. The van der Waals surface area contributed by atoms with Crippen LogP contribution in [0.3, 0.4) is 0 Å². The van der Waals surface area contributed by atoms with Crippen molar-refractivity contribution < 1.29 is 18.4 Å². The first kappa shape index (κ1) is 20.5. The van der Waals surface area contributed by atoms with E-state index < -0.39 is 11.6 Å². The van der Waals surface area contributed by atoms with E-state index in [9.17, 15) is 18.4 Å². The summed E-state index contributed by atoms with van der Waals surface area (Å²) in [6.07, 6.45) is 0.0574. The van der Waals surface area contributed by atoms with Gasteiger partial charge in [-0.05, 0) is 44.7 Å². The van der Waals surface area contributed by atoms with Crippen molar-refractivity contribution in [2.75, 3.05) is 32.0 Å². The molecule has 2 rings (SSSR count). The number of nitrogens with one attached hydrogen (secondary N) is 2. The van der Waals surface area contributed by atoms with E-state index in [1.807, 2.05) is 31.2 Å². The van der Waals surface area contributed by atoms with Crippen LogP contribution in [-0.2, 0) is 16.0 Å². The second-order valence-electron chi connectivity index (χ2n) is 6.39. The van der Waals surface area contributed by atoms with Crippen molar-refractivity contribution in [1.82, 2.24) is 10.2 Å². The minimum absolute atomic E-state index is 0.00106. The number of carbonyl (C=O) groups excluding carboxylic acids is 2. The fraction of sp³-hybridized carbons (Fsp3) is 0.300. The first-order valence-electron chi connectivity index (χ1n) is 8.60. The summed E-state index contributed by atoms with van der Waals surface area (Å²) < 4.78 is 27.0. The first-order chi connectivity index (χ1) is 12.8. The number of amides is 2. The Bertz CT molecular complexity index is 774. The highest BCUT2D eigenvalue weighted by molar-refractivity contribution is 5.92. The van der Waals surface area contributed by atoms with Gasteiger partial charge in [-0.25, -0.2) is 8.78 Å². The van der Waals surface area contributed by atoms with Gasteiger partial charge in [0.15, 0.2) is 0 Å². The monoisotopic (exact) mass is 375 g/mol. The zero-order chi connectivity index (χ0) is 19.8. The Morgan fingerprint density at radius 1 is 0.963 bits per heavy atom. The van der Waals surface area contributed by atoms with Gasteiger partial charge in [-0.15, -0.1) is 0 Å². The van der Waals surface area contributed by atoms with Crippen molar-refractivity contribution in [3.05, 3.63) is 65.2 Å². The molecule has 0 aromatic heterocycles. The summed E-state index contributed by atoms with van der Waals surface area (Å²) in [5.41, 5.74) is 1.73. The maximum absolute atomic E-state index is 13.5. The third-order valence-corrected chi connectivity index (χ3v) is 3.92. The summed E-state index contributed by atoms with van der Waals surface area (Å²) in [6, 6.07) is 11.1. The van der Waals surface area contributed by atoms with Crippen LogP contribution in [-0.4, -0.2) is 43.4 Å². The lowest BCUT2D eigenvalue weighted by Gasteiger charge is -2.16. The zero-order valence-electron chi connectivity index (χ0n) is 15.4. The van der Waals surface area contributed by atoms with Crippen molar-refractivity contribution in [3.8, 4) is 0 Å². The Hall–Kier alpha value is -2.80. The van der Waals surface area contributed by atoms with Crippen LogP contribution < -0.4 is 10.6 Å². The fourth-order valence-electron chi connectivity index (χ4n) is 2.54. The van der Waals surface area contributed by atoms with Gasteiger partial charge in [-0.2, -0.15) is 0 Å². The normalized spacial score (nSPS) is 10.7. The zero-order valence-corrected chi connectivity index (χ0v) is 15.4. The van der Waals surface area contributed by atoms with Crippen LogP contribution in [0.2, 0.25) is 0 Å². The molecule has 2 aromatic rings. The summed E-state index contributed by atoms with van der Waals surface area (Å²) in [4.78, 5) is 25.5. The van der Waals surface area contributed by atoms with Gasteiger partial charge in [0.25, 0.3) is 0 Å². The molecule has 0 fully saturated rings. The fourth-order valence-corrected chi connectivity index (χ4v) is 2.54. The number of halogens is 2. The molecular weight excluding hydrogens is 352 g/mol. The van der Waals surface area contributed by atoms with E-state index in [0.29, 0.717) is 5.69 Å². The number of nitrogens with zero attached hydrogens (tertiary/aromatic N) is 1. The van der Waals surface area contributed by atoms with Crippen LogP contribution in [0.5, 0.6) is 0 Å². The lowest BCUT2D eigenvalue weighted by molar-refractivity contribution is -0.122. The van der Waals surface area contributed by atoms with Gasteiger partial charge < -0.3 is 10.6 Å². The summed E-state index contributed by atoms with van der Waals surface area (Å²) in [6.45, 7) is 2.11. The van der Waals surface area contributed by atoms with Crippen molar-refractivity contribution >= 4 is 17.5 Å². The molecule has 0 radical (unpaired) electrons. The smallest absolute Gasteiger partial charge is 0.238 e. The van der Waals surface area contributed by atoms with E-state index >= 15 is 0 Å². The summed E-state index contributed by atoms with van der Waals surface area (Å²) in [7, 11) is 1.64. The highest BCUT2D eigenvalue weighted by Crippen LogP contribution is 2.12. The van der Waals surface area contributed by atoms with E-state index in [1.165, 1.54) is 18.2 Å². The Morgan fingerprint density at radius 3 is 2.19 bits per heavy atom. The van der Waals surface area contributed by atoms with E-state index in [4.69, 9.17) is 0 Å². The summed E-state index contributed by atoms with van der Waals surface area (Å²) >= 11 is 0. The Labute approximate surface area is 157 Å². The van der Waals surface area contributed by atoms with Crippen LogP contribution in [0, 0.1) is 18.6 Å². The molecule has 144 valence electrons. The second kappa shape index (κ2) is 9.78. The van der Waals surface area contributed by atoms with Crippen molar-refractivity contribution in [2.24, 2.45) is 0 Å². The molecule has 0 spiro atoms. The molecule has 0 atom stereocenters. The molecule has 2 aromatic carbocycles. The van der Waals surface area contributed by atoms with E-state index in [2.05, 4.69) is 10.6 Å². The minimum atomic E-state index is -0.630. The lowest BCUT2D eigenvalue weighted by atomic mass is 10.1. The van der Waals surface area contributed by atoms with Gasteiger partial charge in [0.2, 0.25) is 11.8 Å². The maximum atomic E-state index is 13.5. The molecule has 0 bridgehead atoms. The third-order valence-electron chi connectivity index (χ3n) is 3.92. The second-order valence-corrected chi connectivity index (χ2v) is 6.39. The average Bonchev–Trinajstić information content (AvgIpc) is 2.59. The number of benzene rings is 2. The van der Waals surface area contributed by atoms with Crippen LogP contribution in [0.25, 0.3) is 0 Å². The van der Waals surface area contributed by atoms with Gasteiger partial charge in [0.1, 0.15) is 11.6 Å².